The van der Waals surface area contributed by atoms with Crippen LogP contribution in [0.1, 0.15) is 32.8 Å². The Balaban J connectivity index is 1.81. The molecule has 0 N–H and O–H groups in total. The summed E-state index contributed by atoms with van der Waals surface area (Å²) < 4.78 is 35.6. The van der Waals surface area contributed by atoms with Crippen LogP contribution in [0.25, 0.3) is 0 Å². The average molecular weight is 475 g/mol. The third-order valence-corrected chi connectivity index (χ3v) is 7.82. The largest absolute Gasteiger partial charge is 0.493 e. The van der Waals surface area contributed by atoms with Crippen LogP contribution < -0.4 is 14.4 Å². The zero-order valence-electron chi connectivity index (χ0n) is 19.9. The van der Waals surface area contributed by atoms with Crippen LogP contribution in [0.15, 0.2) is 48.5 Å². The van der Waals surface area contributed by atoms with E-state index in [-0.39, 0.29) is 23.5 Å². The van der Waals surface area contributed by atoms with Crippen molar-refractivity contribution in [1.29, 1.82) is 0 Å². The summed E-state index contributed by atoms with van der Waals surface area (Å²) in [5.74, 6) is 0.861. The topological polar surface area (TPSA) is 76.2 Å². The fourth-order valence-corrected chi connectivity index (χ4v) is 5.93. The first-order chi connectivity index (χ1) is 15.8. The number of anilines is 1. The fourth-order valence-electron chi connectivity index (χ4n) is 4.20. The number of rotatable bonds is 10. The highest BCUT2D eigenvalue weighted by Crippen LogP contribution is 2.28. The van der Waals surface area contributed by atoms with E-state index in [1.807, 2.05) is 36.4 Å². The van der Waals surface area contributed by atoms with E-state index in [4.69, 9.17) is 9.47 Å². The van der Waals surface area contributed by atoms with Gasteiger partial charge in [-0.1, -0.05) is 24.3 Å². The monoisotopic (exact) mass is 474 g/mol. The molecule has 2 atom stereocenters. The maximum atomic E-state index is 13.5. The highest BCUT2D eigenvalue weighted by atomic mass is 32.2. The smallest absolute Gasteiger partial charge is 0.263 e. The number of methoxy groups -OCH3 is 1. The van der Waals surface area contributed by atoms with E-state index < -0.39 is 15.9 Å². The summed E-state index contributed by atoms with van der Waals surface area (Å²) in [6, 6.07) is 14.9. The van der Waals surface area contributed by atoms with Crippen molar-refractivity contribution in [2.45, 2.75) is 45.9 Å². The number of sulfone groups is 1. The van der Waals surface area contributed by atoms with Crippen molar-refractivity contribution >= 4 is 21.4 Å². The summed E-state index contributed by atoms with van der Waals surface area (Å²) in [5, 5.41) is 0. The van der Waals surface area contributed by atoms with Gasteiger partial charge < -0.3 is 19.3 Å². The molecule has 1 aliphatic heterocycles. The van der Waals surface area contributed by atoms with Crippen LogP contribution in [-0.2, 0) is 21.2 Å². The molecule has 8 heteroatoms. The number of hydrogen-bond acceptors (Lipinski definition) is 6. The van der Waals surface area contributed by atoms with Gasteiger partial charge in [0.1, 0.15) is 0 Å². The molecule has 0 aromatic heterocycles. The second-order valence-corrected chi connectivity index (χ2v) is 10.5. The number of carbonyl (C=O) groups excluding carboxylic acids is 1. The Morgan fingerprint density at radius 3 is 2.24 bits per heavy atom. The van der Waals surface area contributed by atoms with E-state index in [0.717, 1.165) is 24.3 Å². The van der Waals surface area contributed by atoms with Gasteiger partial charge in [0.15, 0.2) is 27.4 Å². The molecule has 180 valence electrons. The first-order valence-electron chi connectivity index (χ1n) is 11.4. The molecule has 0 aliphatic carbocycles. The Hall–Kier alpha value is -2.74. The molecule has 1 saturated heterocycles. The first kappa shape index (κ1) is 24.9. The summed E-state index contributed by atoms with van der Waals surface area (Å²) in [6.07, 6.45) is -0.355. The molecule has 0 saturated carbocycles. The van der Waals surface area contributed by atoms with E-state index >= 15 is 0 Å². The van der Waals surface area contributed by atoms with Gasteiger partial charge in [-0.3, -0.25) is 4.79 Å². The summed E-state index contributed by atoms with van der Waals surface area (Å²) in [6.45, 7) is 8.07. The summed E-state index contributed by atoms with van der Waals surface area (Å²) in [5.41, 5.74) is 2.07. The Labute approximate surface area is 197 Å². The van der Waals surface area contributed by atoms with Gasteiger partial charge in [0, 0.05) is 31.4 Å². The molecule has 2 aromatic carbocycles. The van der Waals surface area contributed by atoms with Crippen molar-refractivity contribution in [3.63, 3.8) is 0 Å². The van der Waals surface area contributed by atoms with Gasteiger partial charge in [0.05, 0.1) is 18.6 Å². The van der Waals surface area contributed by atoms with E-state index in [1.54, 1.807) is 31.1 Å². The van der Waals surface area contributed by atoms with Crippen molar-refractivity contribution < 1.29 is 22.7 Å². The minimum Gasteiger partial charge on any atom is -0.493 e. The van der Waals surface area contributed by atoms with Crippen LogP contribution >= 0.6 is 0 Å². The Bertz CT molecular complexity index is 1040. The molecule has 1 fully saturated rings. The number of benzene rings is 2. The van der Waals surface area contributed by atoms with Gasteiger partial charge >= 0.3 is 0 Å². The Kier molecular flexibility index (Phi) is 8.24. The normalized spacial score (nSPS) is 17.9. The van der Waals surface area contributed by atoms with Crippen molar-refractivity contribution in [3.8, 4) is 11.5 Å². The standard InChI is InChI=1S/C25H34N2O5S/c1-5-26(6-2)21-13-11-20(12-14-21)17-27(22-15-16-33(29,30)18-22)25(28)19(3)32-24-10-8-7-9-23(24)31-4/h7-14,19,22H,5-6,15-18H2,1-4H3. The number of nitrogens with zero attached hydrogens (tertiary/aromatic N) is 2. The molecule has 0 spiro atoms. The highest BCUT2D eigenvalue weighted by molar-refractivity contribution is 7.91. The van der Waals surface area contributed by atoms with Crippen LogP contribution in [0.5, 0.6) is 11.5 Å². The van der Waals surface area contributed by atoms with Crippen molar-refractivity contribution in [2.75, 3.05) is 36.6 Å². The van der Waals surface area contributed by atoms with E-state index in [1.165, 1.54) is 0 Å². The van der Waals surface area contributed by atoms with E-state index in [9.17, 15) is 13.2 Å². The lowest BCUT2D eigenvalue weighted by molar-refractivity contribution is -0.140. The number of hydrogen-bond donors (Lipinski definition) is 0. The van der Waals surface area contributed by atoms with Gasteiger partial charge in [-0.05, 0) is 57.0 Å². The van der Waals surface area contributed by atoms with Crippen LogP contribution in [0, 0.1) is 0 Å². The van der Waals surface area contributed by atoms with Crippen molar-refractivity contribution in [2.24, 2.45) is 0 Å². The highest BCUT2D eigenvalue weighted by Gasteiger charge is 2.36. The van der Waals surface area contributed by atoms with Gasteiger partial charge in [-0.15, -0.1) is 0 Å². The van der Waals surface area contributed by atoms with Crippen LogP contribution in [0.2, 0.25) is 0 Å². The average Bonchev–Trinajstić information content (AvgIpc) is 3.18. The molecule has 0 bridgehead atoms. The number of amides is 1. The summed E-state index contributed by atoms with van der Waals surface area (Å²) in [7, 11) is -1.60. The predicted molar refractivity (Wildman–Crippen MR) is 131 cm³/mol. The van der Waals surface area contributed by atoms with Crippen LogP contribution in [-0.4, -0.2) is 63.1 Å². The third-order valence-electron chi connectivity index (χ3n) is 6.07. The van der Waals surface area contributed by atoms with Gasteiger partial charge in [-0.25, -0.2) is 8.42 Å². The van der Waals surface area contributed by atoms with Crippen LogP contribution in [0.3, 0.4) is 0 Å². The lowest BCUT2D eigenvalue weighted by atomic mass is 10.1. The van der Waals surface area contributed by atoms with Crippen molar-refractivity contribution in [3.05, 3.63) is 54.1 Å². The number of ether oxygens (including phenoxy) is 2. The first-order valence-corrected chi connectivity index (χ1v) is 13.2. The Morgan fingerprint density at radius 2 is 1.70 bits per heavy atom. The molecule has 2 aromatic rings. The minimum absolute atomic E-state index is 0.0162. The zero-order valence-corrected chi connectivity index (χ0v) is 20.7. The SMILES string of the molecule is CCN(CC)c1ccc(CN(C(=O)C(C)Oc2ccccc2OC)C2CCS(=O)(=O)C2)cc1. The van der Waals surface area contributed by atoms with Gasteiger partial charge in [0.2, 0.25) is 0 Å². The quantitative estimate of drug-likeness (QED) is 0.524. The van der Waals surface area contributed by atoms with Gasteiger partial charge in [-0.2, -0.15) is 0 Å². The maximum Gasteiger partial charge on any atom is 0.263 e. The molecular weight excluding hydrogens is 440 g/mol. The number of para-hydroxylation sites is 2. The summed E-state index contributed by atoms with van der Waals surface area (Å²) >= 11 is 0. The van der Waals surface area contributed by atoms with Crippen LogP contribution in [0.4, 0.5) is 5.69 Å². The maximum absolute atomic E-state index is 13.5. The minimum atomic E-state index is -3.15. The predicted octanol–water partition coefficient (Wildman–Crippen LogP) is 3.52. The molecule has 1 amide bonds. The second kappa shape index (κ2) is 10.9. The fraction of sp³-hybridized carbons (Fsp3) is 0.480. The molecule has 3 rings (SSSR count). The Morgan fingerprint density at radius 1 is 1.06 bits per heavy atom. The molecular formula is C25H34N2O5S. The van der Waals surface area contributed by atoms with Gasteiger partial charge in [0.25, 0.3) is 5.91 Å². The van der Waals surface area contributed by atoms with E-state index in [2.05, 4.69) is 18.7 Å². The molecule has 1 heterocycles. The lowest BCUT2D eigenvalue weighted by Crippen LogP contribution is -2.46. The molecule has 1 aliphatic rings. The zero-order chi connectivity index (χ0) is 24.0. The number of carbonyl (C=O) groups is 1. The molecule has 33 heavy (non-hydrogen) atoms. The van der Waals surface area contributed by atoms with Crippen molar-refractivity contribution in [1.82, 2.24) is 4.90 Å². The van der Waals surface area contributed by atoms with E-state index in [0.29, 0.717) is 24.5 Å². The molecule has 7 nitrogen and oxygen atoms in total. The molecule has 0 radical (unpaired) electrons. The lowest BCUT2D eigenvalue weighted by Gasteiger charge is -2.31. The second-order valence-electron chi connectivity index (χ2n) is 8.27. The molecule has 2 unspecified atom stereocenters. The summed E-state index contributed by atoms with van der Waals surface area (Å²) in [4.78, 5) is 17.4. The third kappa shape index (κ3) is 6.19.